The maximum Gasteiger partial charge on any atom is 0.0125 e. The molecular formula is C14H35N3. The highest BCUT2D eigenvalue weighted by Crippen LogP contribution is 2.15. The molecule has 0 radical (unpaired) electrons. The van der Waals surface area contributed by atoms with Crippen LogP contribution in [0.2, 0.25) is 0 Å². The molecule has 0 atom stereocenters. The quantitative estimate of drug-likeness (QED) is 0.314. The lowest BCUT2D eigenvalue weighted by Gasteiger charge is -2.25. The summed E-state index contributed by atoms with van der Waals surface area (Å²) in [5.74, 6) is 8.00. The van der Waals surface area contributed by atoms with Gasteiger partial charge in [0.15, 0.2) is 0 Å². The lowest BCUT2D eigenvalue weighted by atomic mass is 9.96. The van der Waals surface area contributed by atoms with Crippen LogP contribution in [0.5, 0.6) is 0 Å². The van der Waals surface area contributed by atoms with E-state index in [0.717, 1.165) is 6.54 Å². The van der Waals surface area contributed by atoms with Crippen molar-refractivity contribution in [1.29, 1.82) is 0 Å². The molecule has 0 fully saturated rings. The highest BCUT2D eigenvalue weighted by Gasteiger charge is 2.14. The second-order valence-corrected chi connectivity index (χ2v) is 5.29. The van der Waals surface area contributed by atoms with E-state index >= 15 is 0 Å². The van der Waals surface area contributed by atoms with Gasteiger partial charge in [-0.15, -0.1) is 0 Å². The normalized spacial score (nSPS) is 10.9. The van der Waals surface area contributed by atoms with Gasteiger partial charge in [0.05, 0.1) is 0 Å². The van der Waals surface area contributed by atoms with Crippen molar-refractivity contribution in [2.45, 2.75) is 84.6 Å². The van der Waals surface area contributed by atoms with Gasteiger partial charge < -0.3 is 5.32 Å². The third-order valence-corrected chi connectivity index (χ3v) is 3.06. The number of hydrogen-bond donors (Lipinski definition) is 3. The molecule has 0 unspecified atom stereocenters. The number of nitrogens with one attached hydrogen (secondary N) is 1. The highest BCUT2D eigenvalue weighted by atomic mass is 15.0. The van der Waals surface area contributed by atoms with Gasteiger partial charge in [-0.1, -0.05) is 58.8 Å². The van der Waals surface area contributed by atoms with Gasteiger partial charge >= 0.3 is 0 Å². The van der Waals surface area contributed by atoms with Crippen molar-refractivity contribution >= 4 is 0 Å². The summed E-state index contributed by atoms with van der Waals surface area (Å²) in [5.41, 5.74) is 0.345. The molecule has 0 aliphatic heterocycles. The first-order valence-corrected chi connectivity index (χ1v) is 7.20. The first-order valence-electron chi connectivity index (χ1n) is 7.20. The Bertz CT molecular complexity index is 135. The van der Waals surface area contributed by atoms with Crippen molar-refractivity contribution in [3.8, 4) is 0 Å². The first kappa shape index (κ1) is 19.2. The molecular weight excluding hydrogens is 210 g/mol. The van der Waals surface area contributed by atoms with Crippen molar-refractivity contribution in [3.05, 3.63) is 0 Å². The molecule has 0 heterocycles. The van der Waals surface area contributed by atoms with Gasteiger partial charge in [-0.05, 0) is 26.8 Å². The molecule has 0 aromatic carbocycles. The monoisotopic (exact) mass is 245 g/mol. The van der Waals surface area contributed by atoms with Gasteiger partial charge in [-0.3, -0.25) is 11.7 Å². The van der Waals surface area contributed by atoms with Gasteiger partial charge in [0.1, 0.15) is 0 Å². The number of hydrazine groups is 1. The lowest BCUT2D eigenvalue weighted by molar-refractivity contribution is 0.355. The Morgan fingerprint density at radius 1 is 0.824 bits per heavy atom. The SMILES string of the molecule is CCCCCCCCCC(C)(C)NCC.NN. The molecule has 0 aromatic rings. The molecule has 0 aromatic heterocycles. The fourth-order valence-electron chi connectivity index (χ4n) is 2.09. The number of nitrogens with two attached hydrogens (primary N) is 2. The smallest absolute Gasteiger partial charge is 0.0125 e. The van der Waals surface area contributed by atoms with Gasteiger partial charge in [-0.25, -0.2) is 0 Å². The van der Waals surface area contributed by atoms with Crippen LogP contribution in [0.15, 0.2) is 0 Å². The Balaban J connectivity index is 0. The number of hydrogen-bond acceptors (Lipinski definition) is 3. The Labute approximate surface area is 109 Å². The number of rotatable bonds is 10. The number of unbranched alkanes of at least 4 members (excludes halogenated alkanes) is 6. The molecule has 3 nitrogen and oxygen atoms in total. The summed E-state index contributed by atoms with van der Waals surface area (Å²) in [4.78, 5) is 0. The summed E-state index contributed by atoms with van der Waals surface area (Å²) in [6.07, 6.45) is 11.2. The predicted octanol–water partition coefficient (Wildman–Crippen LogP) is 3.33. The van der Waals surface area contributed by atoms with Crippen LogP contribution in [0.4, 0.5) is 0 Å². The molecule has 0 saturated carbocycles. The van der Waals surface area contributed by atoms with Gasteiger partial charge in [0.25, 0.3) is 0 Å². The second-order valence-electron chi connectivity index (χ2n) is 5.29. The van der Waals surface area contributed by atoms with E-state index in [0.29, 0.717) is 5.54 Å². The van der Waals surface area contributed by atoms with E-state index < -0.39 is 0 Å². The molecule has 5 N–H and O–H groups in total. The summed E-state index contributed by atoms with van der Waals surface area (Å²) in [7, 11) is 0. The van der Waals surface area contributed by atoms with Crippen LogP contribution >= 0.6 is 0 Å². The summed E-state index contributed by atoms with van der Waals surface area (Å²) < 4.78 is 0. The molecule has 3 heteroatoms. The Morgan fingerprint density at radius 3 is 1.76 bits per heavy atom. The van der Waals surface area contributed by atoms with Crippen LogP contribution in [-0.4, -0.2) is 12.1 Å². The molecule has 0 spiro atoms. The van der Waals surface area contributed by atoms with Crippen LogP contribution in [0, 0.1) is 0 Å². The summed E-state index contributed by atoms with van der Waals surface area (Å²) in [6.45, 7) is 10.2. The standard InChI is InChI=1S/C14H31N.H4N2/c1-5-7-8-9-10-11-12-13-14(3,4)15-6-2;1-2/h15H,5-13H2,1-4H3;1-2H2. The van der Waals surface area contributed by atoms with Crippen molar-refractivity contribution < 1.29 is 0 Å². The average Bonchev–Trinajstić information content (AvgIpc) is 2.30. The van der Waals surface area contributed by atoms with E-state index in [2.05, 4.69) is 44.7 Å². The summed E-state index contributed by atoms with van der Waals surface area (Å²) >= 11 is 0. The van der Waals surface area contributed by atoms with Crippen molar-refractivity contribution in [1.82, 2.24) is 5.32 Å². The zero-order valence-corrected chi connectivity index (χ0v) is 12.5. The third kappa shape index (κ3) is 15.9. The van der Waals surface area contributed by atoms with Crippen LogP contribution in [0.25, 0.3) is 0 Å². The zero-order chi connectivity index (χ0) is 13.6. The first-order chi connectivity index (χ1) is 8.12. The molecule has 0 amide bonds. The van der Waals surface area contributed by atoms with Crippen LogP contribution < -0.4 is 17.0 Å². The summed E-state index contributed by atoms with van der Waals surface area (Å²) in [5, 5.41) is 3.53. The predicted molar refractivity (Wildman–Crippen MR) is 78.7 cm³/mol. The molecule has 0 aliphatic carbocycles. The van der Waals surface area contributed by atoms with Crippen molar-refractivity contribution in [2.24, 2.45) is 11.7 Å². The molecule has 0 bridgehead atoms. The Kier molecular flexibility index (Phi) is 15.8. The van der Waals surface area contributed by atoms with Gasteiger partial charge in [0, 0.05) is 5.54 Å². The van der Waals surface area contributed by atoms with Crippen LogP contribution in [-0.2, 0) is 0 Å². The van der Waals surface area contributed by atoms with Crippen LogP contribution in [0.1, 0.15) is 79.1 Å². The zero-order valence-electron chi connectivity index (χ0n) is 12.5. The second kappa shape index (κ2) is 13.9. The van der Waals surface area contributed by atoms with E-state index in [9.17, 15) is 0 Å². The van der Waals surface area contributed by atoms with E-state index in [4.69, 9.17) is 0 Å². The summed E-state index contributed by atoms with van der Waals surface area (Å²) in [6, 6.07) is 0. The van der Waals surface area contributed by atoms with Crippen molar-refractivity contribution in [2.75, 3.05) is 6.54 Å². The minimum Gasteiger partial charge on any atom is -0.312 e. The molecule has 17 heavy (non-hydrogen) atoms. The minimum atomic E-state index is 0.345. The van der Waals surface area contributed by atoms with Crippen molar-refractivity contribution in [3.63, 3.8) is 0 Å². The van der Waals surface area contributed by atoms with Gasteiger partial charge in [-0.2, -0.15) is 0 Å². The van der Waals surface area contributed by atoms with E-state index in [-0.39, 0.29) is 0 Å². The maximum absolute atomic E-state index is 4.00. The topological polar surface area (TPSA) is 64.1 Å². The fourth-order valence-corrected chi connectivity index (χ4v) is 2.09. The highest BCUT2D eigenvalue weighted by molar-refractivity contribution is 4.76. The Morgan fingerprint density at radius 2 is 1.29 bits per heavy atom. The molecule has 106 valence electrons. The molecule has 0 rings (SSSR count). The minimum absolute atomic E-state index is 0.345. The fraction of sp³-hybridized carbons (Fsp3) is 1.00. The largest absolute Gasteiger partial charge is 0.312 e. The maximum atomic E-state index is 4.00. The van der Waals surface area contributed by atoms with Gasteiger partial charge in [0.2, 0.25) is 0 Å². The third-order valence-electron chi connectivity index (χ3n) is 3.06. The lowest BCUT2D eigenvalue weighted by Crippen LogP contribution is -2.38. The van der Waals surface area contributed by atoms with E-state index in [1.54, 1.807) is 0 Å². The van der Waals surface area contributed by atoms with E-state index in [1.165, 1.54) is 51.4 Å². The van der Waals surface area contributed by atoms with Crippen LogP contribution in [0.3, 0.4) is 0 Å². The van der Waals surface area contributed by atoms with E-state index in [1.807, 2.05) is 0 Å². The average molecular weight is 245 g/mol. The Hall–Kier alpha value is -0.120. The molecule has 0 aliphatic rings. The molecule has 0 saturated heterocycles.